The van der Waals surface area contributed by atoms with E-state index in [2.05, 4.69) is 10.0 Å². The van der Waals surface area contributed by atoms with Crippen LogP contribution in [0.4, 0.5) is 11.4 Å². The molecule has 0 aliphatic rings. The lowest BCUT2D eigenvalue weighted by molar-refractivity contribution is -0.113. The number of thioether (sulfide) groups is 1. The molecule has 0 radical (unpaired) electrons. The summed E-state index contributed by atoms with van der Waals surface area (Å²) in [7, 11) is -3.76. The van der Waals surface area contributed by atoms with E-state index >= 15 is 0 Å². The Bertz CT molecular complexity index is 1150. The topological polar surface area (TPSA) is 75.3 Å². The van der Waals surface area contributed by atoms with E-state index in [4.69, 9.17) is 34.8 Å². The Morgan fingerprint density at radius 3 is 2.03 bits per heavy atom. The lowest BCUT2D eigenvalue weighted by Crippen LogP contribution is -2.15. The van der Waals surface area contributed by atoms with Gasteiger partial charge in [0, 0.05) is 32.2 Å². The molecule has 0 fully saturated rings. The minimum absolute atomic E-state index is 0.0724. The zero-order chi connectivity index (χ0) is 22.4. The van der Waals surface area contributed by atoms with Gasteiger partial charge in [0.2, 0.25) is 5.91 Å². The third-order valence-electron chi connectivity index (χ3n) is 4.09. The molecule has 0 bridgehead atoms. The first kappa shape index (κ1) is 23.8. The maximum absolute atomic E-state index is 12.5. The van der Waals surface area contributed by atoms with Gasteiger partial charge in [-0.25, -0.2) is 8.42 Å². The summed E-state index contributed by atoms with van der Waals surface area (Å²) in [4.78, 5) is 12.3. The normalized spacial score (nSPS) is 11.2. The van der Waals surface area contributed by atoms with Crippen LogP contribution in [0.1, 0.15) is 5.56 Å². The van der Waals surface area contributed by atoms with Crippen molar-refractivity contribution in [1.82, 2.24) is 0 Å². The Morgan fingerprint density at radius 1 is 0.839 bits per heavy atom. The predicted octanol–water partition coefficient (Wildman–Crippen LogP) is 6.32. The Hall–Kier alpha value is -1.90. The highest BCUT2D eigenvalue weighted by Gasteiger charge is 2.14. The van der Waals surface area contributed by atoms with Gasteiger partial charge in [0.1, 0.15) is 0 Å². The van der Waals surface area contributed by atoms with Crippen molar-refractivity contribution in [3.8, 4) is 0 Å². The number of carbonyl (C=O) groups is 1. The van der Waals surface area contributed by atoms with E-state index in [0.717, 1.165) is 5.56 Å². The van der Waals surface area contributed by atoms with Crippen LogP contribution in [0.3, 0.4) is 0 Å². The van der Waals surface area contributed by atoms with E-state index in [-0.39, 0.29) is 16.6 Å². The minimum atomic E-state index is -3.76. The zero-order valence-electron chi connectivity index (χ0n) is 15.9. The number of amides is 1. The van der Waals surface area contributed by atoms with Gasteiger partial charge >= 0.3 is 0 Å². The van der Waals surface area contributed by atoms with E-state index < -0.39 is 10.0 Å². The van der Waals surface area contributed by atoms with Crippen LogP contribution in [0.15, 0.2) is 71.6 Å². The molecule has 0 aromatic heterocycles. The van der Waals surface area contributed by atoms with Crippen molar-refractivity contribution in [2.75, 3.05) is 15.8 Å². The molecule has 3 aromatic carbocycles. The third-order valence-corrected chi connectivity index (χ3v) is 7.40. The number of rotatable bonds is 8. The van der Waals surface area contributed by atoms with Crippen molar-refractivity contribution in [2.24, 2.45) is 0 Å². The van der Waals surface area contributed by atoms with Crippen molar-refractivity contribution in [2.45, 2.75) is 10.6 Å². The maximum atomic E-state index is 12.5. The molecular weight excluding hydrogens is 499 g/mol. The van der Waals surface area contributed by atoms with E-state index in [1.54, 1.807) is 42.5 Å². The fourth-order valence-electron chi connectivity index (χ4n) is 2.56. The van der Waals surface area contributed by atoms with Gasteiger partial charge < -0.3 is 5.32 Å². The summed E-state index contributed by atoms with van der Waals surface area (Å²) in [6, 6.07) is 17.5. The third kappa shape index (κ3) is 6.79. The fourth-order valence-corrected chi connectivity index (χ4v) is 5.31. The predicted molar refractivity (Wildman–Crippen MR) is 130 cm³/mol. The van der Waals surface area contributed by atoms with Gasteiger partial charge in [0.15, 0.2) is 0 Å². The molecule has 162 valence electrons. The van der Waals surface area contributed by atoms with Crippen LogP contribution in [0.25, 0.3) is 0 Å². The first-order chi connectivity index (χ1) is 14.7. The van der Waals surface area contributed by atoms with Crippen molar-refractivity contribution in [3.63, 3.8) is 0 Å². The molecule has 0 unspecified atom stereocenters. The summed E-state index contributed by atoms with van der Waals surface area (Å²) >= 11 is 19.4. The number of sulfonamides is 1. The zero-order valence-corrected chi connectivity index (χ0v) is 19.8. The Kier molecular flexibility index (Phi) is 8.13. The number of hydrogen-bond acceptors (Lipinski definition) is 4. The quantitative estimate of drug-likeness (QED) is 0.368. The highest BCUT2D eigenvalue weighted by molar-refractivity contribution is 7.99. The molecule has 3 aromatic rings. The van der Waals surface area contributed by atoms with Crippen molar-refractivity contribution in [3.05, 3.63) is 87.4 Å². The second-order valence-corrected chi connectivity index (χ2v) is 10.3. The summed E-state index contributed by atoms with van der Waals surface area (Å²) in [5.41, 5.74) is 1.68. The largest absolute Gasteiger partial charge is 0.325 e. The smallest absolute Gasteiger partial charge is 0.261 e. The molecule has 5 nitrogen and oxygen atoms in total. The standard InChI is InChI=1S/C21H17Cl3N2O3S2/c22-14-4-6-16(7-5-14)26-31(28,29)17-10-8-15(9-11-17)25-21(27)13-30-12-18-19(23)2-1-3-20(18)24/h1-11,26H,12-13H2,(H,25,27). The molecule has 31 heavy (non-hydrogen) atoms. The Morgan fingerprint density at radius 2 is 1.42 bits per heavy atom. The molecule has 0 aliphatic heterocycles. The fraction of sp³-hybridized carbons (Fsp3) is 0.0952. The summed E-state index contributed by atoms with van der Waals surface area (Å²) in [5, 5.41) is 4.37. The summed E-state index contributed by atoms with van der Waals surface area (Å²) in [5.74, 6) is 0.474. The molecule has 10 heteroatoms. The number of benzene rings is 3. The highest BCUT2D eigenvalue weighted by atomic mass is 35.5. The van der Waals surface area contributed by atoms with Crippen LogP contribution < -0.4 is 10.0 Å². The number of nitrogens with one attached hydrogen (secondary N) is 2. The van der Waals surface area contributed by atoms with Gasteiger partial charge in [-0.2, -0.15) is 0 Å². The summed E-state index contributed by atoms with van der Waals surface area (Å²) in [6.45, 7) is 0. The number of halogens is 3. The highest BCUT2D eigenvalue weighted by Crippen LogP contribution is 2.28. The molecule has 3 rings (SSSR count). The molecule has 0 atom stereocenters. The average molecular weight is 516 g/mol. The van der Waals surface area contributed by atoms with Crippen LogP contribution in [0.2, 0.25) is 15.1 Å². The van der Waals surface area contributed by atoms with Crippen LogP contribution in [-0.4, -0.2) is 20.1 Å². The van der Waals surface area contributed by atoms with Gasteiger partial charge in [0.05, 0.1) is 10.6 Å². The summed E-state index contributed by atoms with van der Waals surface area (Å²) in [6.07, 6.45) is 0. The average Bonchev–Trinajstić information content (AvgIpc) is 2.72. The van der Waals surface area contributed by atoms with Gasteiger partial charge in [0.25, 0.3) is 10.0 Å². The van der Waals surface area contributed by atoms with Crippen LogP contribution in [0.5, 0.6) is 0 Å². The Balaban J connectivity index is 1.54. The van der Waals surface area contributed by atoms with Crippen LogP contribution >= 0.6 is 46.6 Å². The molecule has 0 saturated carbocycles. The van der Waals surface area contributed by atoms with Gasteiger partial charge in [-0.05, 0) is 66.2 Å². The van der Waals surface area contributed by atoms with E-state index in [1.807, 2.05) is 0 Å². The SMILES string of the molecule is O=C(CSCc1c(Cl)cccc1Cl)Nc1ccc(S(=O)(=O)Nc2ccc(Cl)cc2)cc1. The molecule has 2 N–H and O–H groups in total. The molecule has 0 spiro atoms. The van der Waals surface area contributed by atoms with Crippen molar-refractivity contribution < 1.29 is 13.2 Å². The van der Waals surface area contributed by atoms with Crippen molar-refractivity contribution >= 4 is 73.9 Å². The second kappa shape index (κ2) is 10.6. The van der Waals surface area contributed by atoms with Crippen LogP contribution in [-0.2, 0) is 20.6 Å². The van der Waals surface area contributed by atoms with Crippen molar-refractivity contribution in [1.29, 1.82) is 0 Å². The lowest BCUT2D eigenvalue weighted by Gasteiger charge is -2.10. The van der Waals surface area contributed by atoms with E-state index in [1.165, 1.54) is 36.0 Å². The molecule has 1 amide bonds. The first-order valence-electron chi connectivity index (χ1n) is 8.93. The Labute approximate surface area is 200 Å². The van der Waals surface area contributed by atoms with E-state index in [0.29, 0.717) is 32.2 Å². The van der Waals surface area contributed by atoms with Gasteiger partial charge in [-0.3, -0.25) is 9.52 Å². The molecular formula is C21H17Cl3N2O3S2. The molecule has 0 saturated heterocycles. The van der Waals surface area contributed by atoms with Gasteiger partial charge in [-0.15, -0.1) is 11.8 Å². The minimum Gasteiger partial charge on any atom is -0.325 e. The molecule has 0 aliphatic carbocycles. The maximum Gasteiger partial charge on any atom is 0.261 e. The number of hydrogen-bond donors (Lipinski definition) is 2. The second-order valence-electron chi connectivity index (χ2n) is 6.38. The number of carbonyl (C=O) groups excluding carboxylic acids is 1. The molecule has 0 heterocycles. The first-order valence-corrected chi connectivity index (χ1v) is 12.7. The van der Waals surface area contributed by atoms with Gasteiger partial charge in [-0.1, -0.05) is 40.9 Å². The number of anilines is 2. The van der Waals surface area contributed by atoms with E-state index in [9.17, 15) is 13.2 Å². The summed E-state index contributed by atoms with van der Waals surface area (Å²) < 4.78 is 27.5. The lowest BCUT2D eigenvalue weighted by atomic mass is 10.2. The van der Waals surface area contributed by atoms with Crippen LogP contribution in [0, 0.1) is 0 Å². The monoisotopic (exact) mass is 514 g/mol.